The van der Waals surface area contributed by atoms with Gasteiger partial charge in [-0.1, -0.05) is 12.1 Å². The SMILES string of the molecule is CC(=O)N1CCc2cc(-c3nc4ccccn4c3/C=C/C(=O)O)ccc21. The number of pyridine rings is 1. The van der Waals surface area contributed by atoms with E-state index in [-0.39, 0.29) is 5.91 Å². The summed E-state index contributed by atoms with van der Waals surface area (Å²) in [6.45, 7) is 2.25. The van der Waals surface area contributed by atoms with Crippen molar-refractivity contribution in [2.24, 2.45) is 0 Å². The van der Waals surface area contributed by atoms with Crippen molar-refractivity contribution in [2.45, 2.75) is 13.3 Å². The summed E-state index contributed by atoms with van der Waals surface area (Å²) < 4.78 is 1.86. The Balaban J connectivity index is 1.86. The van der Waals surface area contributed by atoms with E-state index in [0.717, 1.165) is 40.7 Å². The van der Waals surface area contributed by atoms with Crippen LogP contribution in [0.5, 0.6) is 0 Å². The van der Waals surface area contributed by atoms with Crippen molar-refractivity contribution in [3.63, 3.8) is 0 Å². The number of amides is 1. The van der Waals surface area contributed by atoms with E-state index in [9.17, 15) is 9.59 Å². The van der Waals surface area contributed by atoms with Gasteiger partial charge in [-0.25, -0.2) is 9.78 Å². The van der Waals surface area contributed by atoms with Gasteiger partial charge in [-0.2, -0.15) is 0 Å². The highest BCUT2D eigenvalue weighted by Crippen LogP contribution is 2.34. The Morgan fingerprint density at radius 3 is 2.85 bits per heavy atom. The van der Waals surface area contributed by atoms with Crippen LogP contribution in [0, 0.1) is 0 Å². The number of carbonyl (C=O) groups excluding carboxylic acids is 1. The van der Waals surface area contributed by atoms with E-state index in [4.69, 9.17) is 5.11 Å². The number of aromatic nitrogens is 2. The van der Waals surface area contributed by atoms with E-state index in [2.05, 4.69) is 4.98 Å². The fraction of sp³-hybridized carbons (Fsp3) is 0.150. The van der Waals surface area contributed by atoms with Crippen molar-refractivity contribution in [1.82, 2.24) is 9.38 Å². The average Bonchev–Trinajstić information content (AvgIpc) is 3.20. The second-order valence-electron chi connectivity index (χ2n) is 6.21. The van der Waals surface area contributed by atoms with Gasteiger partial charge in [0.1, 0.15) is 5.65 Å². The van der Waals surface area contributed by atoms with Crippen molar-refractivity contribution in [3.05, 3.63) is 59.9 Å². The number of hydrogen-bond donors (Lipinski definition) is 1. The van der Waals surface area contributed by atoms with E-state index in [1.165, 1.54) is 0 Å². The van der Waals surface area contributed by atoms with Crippen LogP contribution in [0.2, 0.25) is 0 Å². The molecule has 6 nitrogen and oxygen atoms in total. The Hall–Kier alpha value is -3.41. The van der Waals surface area contributed by atoms with E-state index in [0.29, 0.717) is 12.2 Å². The maximum atomic E-state index is 11.7. The number of aliphatic carboxylic acids is 1. The summed E-state index contributed by atoms with van der Waals surface area (Å²) in [4.78, 5) is 29.2. The fourth-order valence-corrected chi connectivity index (χ4v) is 3.41. The molecule has 0 aliphatic carbocycles. The predicted molar refractivity (Wildman–Crippen MR) is 99.0 cm³/mol. The molecular formula is C20H17N3O3. The molecule has 3 heterocycles. The molecule has 0 atom stereocenters. The monoisotopic (exact) mass is 347 g/mol. The molecule has 1 amide bonds. The van der Waals surface area contributed by atoms with Gasteiger partial charge in [0, 0.05) is 37.0 Å². The number of benzene rings is 1. The number of fused-ring (bicyclic) bond motifs is 2. The summed E-state index contributed by atoms with van der Waals surface area (Å²) in [6, 6.07) is 11.6. The van der Waals surface area contributed by atoms with E-state index >= 15 is 0 Å². The van der Waals surface area contributed by atoms with Crippen LogP contribution >= 0.6 is 0 Å². The second-order valence-corrected chi connectivity index (χ2v) is 6.21. The minimum atomic E-state index is -1.01. The minimum Gasteiger partial charge on any atom is -0.478 e. The molecule has 6 heteroatoms. The number of carboxylic acids is 1. The summed E-state index contributed by atoms with van der Waals surface area (Å²) in [5, 5.41) is 9.00. The van der Waals surface area contributed by atoms with Gasteiger partial charge in [0.2, 0.25) is 5.91 Å². The highest BCUT2D eigenvalue weighted by atomic mass is 16.4. The molecule has 0 saturated heterocycles. The largest absolute Gasteiger partial charge is 0.478 e. The summed E-state index contributed by atoms with van der Waals surface area (Å²) in [6.07, 6.45) is 5.34. The average molecular weight is 347 g/mol. The first-order valence-corrected chi connectivity index (χ1v) is 8.34. The van der Waals surface area contributed by atoms with Gasteiger partial charge in [-0.05, 0) is 42.3 Å². The van der Waals surface area contributed by atoms with Crippen molar-refractivity contribution in [3.8, 4) is 11.3 Å². The van der Waals surface area contributed by atoms with Crippen LogP contribution in [-0.2, 0) is 16.0 Å². The first kappa shape index (κ1) is 16.1. The Morgan fingerprint density at radius 2 is 2.08 bits per heavy atom. The standard InChI is InChI=1S/C20H17N3O3/c1-13(24)22-11-9-14-12-15(5-6-16(14)22)20-17(7-8-19(25)26)23-10-3-2-4-18(23)21-20/h2-8,10,12H,9,11H2,1H3,(H,25,26)/b8-7+. The molecule has 26 heavy (non-hydrogen) atoms. The first-order chi connectivity index (χ1) is 12.5. The summed E-state index contributed by atoms with van der Waals surface area (Å²) >= 11 is 0. The third kappa shape index (κ3) is 2.65. The molecule has 1 aliphatic heterocycles. The second kappa shape index (κ2) is 6.15. The van der Waals surface area contributed by atoms with E-state index < -0.39 is 5.97 Å². The fourth-order valence-electron chi connectivity index (χ4n) is 3.41. The minimum absolute atomic E-state index is 0.0364. The Kier molecular flexibility index (Phi) is 3.80. The van der Waals surface area contributed by atoms with Gasteiger partial charge in [0.15, 0.2) is 0 Å². The maximum absolute atomic E-state index is 11.7. The number of carboxylic acid groups (broad SMARTS) is 1. The van der Waals surface area contributed by atoms with E-state index in [1.54, 1.807) is 17.9 Å². The first-order valence-electron chi connectivity index (χ1n) is 8.34. The molecule has 0 bridgehead atoms. The van der Waals surface area contributed by atoms with Crippen molar-refractivity contribution >= 4 is 29.3 Å². The smallest absolute Gasteiger partial charge is 0.328 e. The molecule has 0 saturated carbocycles. The lowest BCUT2D eigenvalue weighted by Crippen LogP contribution is -2.25. The molecule has 1 aromatic carbocycles. The molecule has 130 valence electrons. The number of carbonyl (C=O) groups is 2. The van der Waals surface area contributed by atoms with Crippen LogP contribution in [0.15, 0.2) is 48.7 Å². The molecule has 3 aromatic rings. The molecule has 4 rings (SSSR count). The van der Waals surface area contributed by atoms with Gasteiger partial charge in [-0.3, -0.25) is 9.20 Å². The lowest BCUT2D eigenvalue weighted by molar-refractivity contribution is -0.131. The van der Waals surface area contributed by atoms with E-state index in [1.807, 2.05) is 47.0 Å². The van der Waals surface area contributed by atoms with Crippen LogP contribution in [0.4, 0.5) is 5.69 Å². The third-order valence-corrected chi connectivity index (χ3v) is 4.58. The van der Waals surface area contributed by atoms with Crippen LogP contribution in [-0.4, -0.2) is 32.9 Å². The lowest BCUT2D eigenvalue weighted by atomic mass is 10.0. The Bertz CT molecular complexity index is 1070. The highest BCUT2D eigenvalue weighted by molar-refractivity contribution is 5.94. The number of imidazole rings is 1. The van der Waals surface area contributed by atoms with Crippen molar-refractivity contribution in [2.75, 3.05) is 11.4 Å². The zero-order valence-electron chi connectivity index (χ0n) is 14.2. The Morgan fingerprint density at radius 1 is 1.23 bits per heavy atom. The molecule has 0 fully saturated rings. The number of rotatable bonds is 3. The zero-order valence-corrected chi connectivity index (χ0v) is 14.2. The normalized spacial score (nSPS) is 13.5. The van der Waals surface area contributed by atoms with Crippen LogP contribution < -0.4 is 4.90 Å². The molecule has 0 unspecified atom stereocenters. The molecule has 0 radical (unpaired) electrons. The third-order valence-electron chi connectivity index (χ3n) is 4.58. The number of nitrogens with zero attached hydrogens (tertiary/aromatic N) is 3. The summed E-state index contributed by atoms with van der Waals surface area (Å²) in [5.74, 6) is -0.970. The van der Waals surface area contributed by atoms with Crippen molar-refractivity contribution < 1.29 is 14.7 Å². The Labute approximate surface area is 150 Å². The topological polar surface area (TPSA) is 74.9 Å². The van der Waals surface area contributed by atoms with Gasteiger partial charge in [0.25, 0.3) is 0 Å². The predicted octanol–water partition coefficient (Wildman–Crippen LogP) is 3.01. The van der Waals surface area contributed by atoms with Crippen LogP contribution in [0.3, 0.4) is 0 Å². The van der Waals surface area contributed by atoms with Gasteiger partial charge in [0.05, 0.1) is 11.4 Å². The molecule has 2 aromatic heterocycles. The maximum Gasteiger partial charge on any atom is 0.328 e. The van der Waals surface area contributed by atoms with Gasteiger partial charge >= 0.3 is 5.97 Å². The van der Waals surface area contributed by atoms with Crippen LogP contribution in [0.25, 0.3) is 23.0 Å². The molecule has 0 spiro atoms. The summed E-state index contributed by atoms with van der Waals surface area (Å²) in [5.41, 5.74) is 5.12. The molecule has 1 N–H and O–H groups in total. The quantitative estimate of drug-likeness (QED) is 0.739. The van der Waals surface area contributed by atoms with Crippen LogP contribution in [0.1, 0.15) is 18.2 Å². The van der Waals surface area contributed by atoms with Crippen molar-refractivity contribution in [1.29, 1.82) is 0 Å². The number of anilines is 1. The molecule has 1 aliphatic rings. The highest BCUT2D eigenvalue weighted by Gasteiger charge is 2.23. The zero-order chi connectivity index (χ0) is 18.3. The van der Waals surface area contributed by atoms with Gasteiger partial charge in [-0.15, -0.1) is 0 Å². The summed E-state index contributed by atoms with van der Waals surface area (Å²) in [7, 11) is 0. The van der Waals surface area contributed by atoms with Gasteiger partial charge < -0.3 is 10.0 Å². The molecular weight excluding hydrogens is 330 g/mol. The number of hydrogen-bond acceptors (Lipinski definition) is 3. The lowest BCUT2D eigenvalue weighted by Gasteiger charge is -2.14.